The lowest BCUT2D eigenvalue weighted by molar-refractivity contribution is -0.147. The van der Waals surface area contributed by atoms with Crippen molar-refractivity contribution in [2.75, 3.05) is 19.7 Å². The number of benzene rings is 1. The molecular formula is C47H69N7O10. The molecule has 0 unspecified atom stereocenters. The van der Waals surface area contributed by atoms with E-state index < -0.39 is 77.3 Å². The smallest absolute Gasteiger partial charge is 0.307 e. The summed E-state index contributed by atoms with van der Waals surface area (Å²) in [7, 11) is 0. The van der Waals surface area contributed by atoms with Crippen LogP contribution in [0.3, 0.4) is 0 Å². The normalized spacial score (nSPS) is 19.2. The Kier molecular flexibility index (Phi) is 19.4. The van der Waals surface area contributed by atoms with Crippen LogP contribution in [0, 0.1) is 35.5 Å². The molecule has 8 atom stereocenters. The van der Waals surface area contributed by atoms with Crippen LogP contribution in [0.1, 0.15) is 105 Å². The quantitative estimate of drug-likeness (QED) is 0.0964. The van der Waals surface area contributed by atoms with E-state index in [4.69, 9.17) is 10.5 Å². The van der Waals surface area contributed by atoms with Crippen molar-refractivity contribution >= 4 is 46.9 Å². The molecule has 4 rings (SSSR count). The van der Waals surface area contributed by atoms with Crippen molar-refractivity contribution in [1.82, 2.24) is 30.4 Å². The minimum absolute atomic E-state index is 0.0325. The number of carbonyl (C=O) groups is 8. The molecule has 6 N–H and O–H groups in total. The number of aliphatic carboxylic acids is 1. The molecule has 4 amide bonds. The molecule has 1 aromatic carbocycles. The van der Waals surface area contributed by atoms with E-state index in [9.17, 15) is 43.5 Å². The van der Waals surface area contributed by atoms with Crippen molar-refractivity contribution < 1.29 is 48.2 Å². The van der Waals surface area contributed by atoms with Gasteiger partial charge in [0.05, 0.1) is 49.5 Å². The summed E-state index contributed by atoms with van der Waals surface area (Å²) in [6.07, 6.45) is 4.23. The lowest BCUT2D eigenvalue weighted by atomic mass is 9.87. The molecule has 0 saturated carbocycles. The average molecular weight is 892 g/mol. The number of nitrogens with two attached hydrogens (primary N) is 1. The van der Waals surface area contributed by atoms with Gasteiger partial charge in [0.1, 0.15) is 12.1 Å². The summed E-state index contributed by atoms with van der Waals surface area (Å²) in [5.41, 5.74) is 7.55. The molecule has 0 aliphatic carbocycles. The van der Waals surface area contributed by atoms with E-state index in [0.717, 1.165) is 5.56 Å². The van der Waals surface area contributed by atoms with Gasteiger partial charge in [0.25, 0.3) is 0 Å². The van der Waals surface area contributed by atoms with E-state index in [1.54, 1.807) is 37.5 Å². The van der Waals surface area contributed by atoms with Gasteiger partial charge in [0, 0.05) is 56.6 Å². The third kappa shape index (κ3) is 14.1. The molecule has 2 aromatic rings. The summed E-state index contributed by atoms with van der Waals surface area (Å²) in [5, 5.41) is 15.1. The highest BCUT2D eigenvalue weighted by Gasteiger charge is 2.44. The maximum absolute atomic E-state index is 14.3. The van der Waals surface area contributed by atoms with Crippen LogP contribution < -0.4 is 16.4 Å². The van der Waals surface area contributed by atoms with Gasteiger partial charge >= 0.3 is 5.97 Å². The Morgan fingerprint density at radius 1 is 0.797 bits per heavy atom. The van der Waals surface area contributed by atoms with Crippen LogP contribution >= 0.6 is 0 Å². The Morgan fingerprint density at radius 2 is 1.44 bits per heavy atom. The zero-order valence-corrected chi connectivity index (χ0v) is 38.4. The van der Waals surface area contributed by atoms with Gasteiger partial charge in [-0.1, -0.05) is 71.9 Å². The fourth-order valence-corrected chi connectivity index (χ4v) is 8.39. The van der Waals surface area contributed by atoms with E-state index in [-0.39, 0.29) is 74.2 Å². The number of nitrogens with zero attached hydrogens (tertiary/aromatic N) is 3. The van der Waals surface area contributed by atoms with Crippen LogP contribution in [0.25, 0.3) is 0 Å². The second-order valence-electron chi connectivity index (χ2n) is 18.5. The van der Waals surface area contributed by atoms with Gasteiger partial charge in [0.15, 0.2) is 17.3 Å². The van der Waals surface area contributed by atoms with Gasteiger partial charge in [-0.15, -0.1) is 0 Å². The molecule has 352 valence electrons. The van der Waals surface area contributed by atoms with Crippen molar-refractivity contribution in [3.05, 3.63) is 54.1 Å². The van der Waals surface area contributed by atoms with Gasteiger partial charge in [-0.05, 0) is 55.9 Å². The number of rotatable bonds is 25. The summed E-state index contributed by atoms with van der Waals surface area (Å²) in [6.45, 7) is 12.8. The molecule has 0 spiro atoms. The Hall–Kier alpha value is -5.29. The Labute approximate surface area is 376 Å². The van der Waals surface area contributed by atoms with Crippen LogP contribution in [-0.2, 0) is 56.1 Å². The second-order valence-corrected chi connectivity index (χ2v) is 18.5. The largest absolute Gasteiger partial charge is 0.481 e. The summed E-state index contributed by atoms with van der Waals surface area (Å²) in [4.78, 5) is 119. The van der Waals surface area contributed by atoms with Gasteiger partial charge in [-0.3, -0.25) is 38.4 Å². The van der Waals surface area contributed by atoms with E-state index >= 15 is 0 Å². The van der Waals surface area contributed by atoms with Gasteiger partial charge < -0.3 is 41.0 Å². The number of H-pyrrole nitrogens is 1. The van der Waals surface area contributed by atoms with Crippen LogP contribution in [0.15, 0.2) is 42.9 Å². The number of carbonyl (C=O) groups excluding carboxylic acids is 7. The first-order chi connectivity index (χ1) is 30.3. The van der Waals surface area contributed by atoms with Crippen molar-refractivity contribution in [2.45, 2.75) is 137 Å². The summed E-state index contributed by atoms with van der Waals surface area (Å²) in [5.74, 6) is -7.81. The van der Waals surface area contributed by atoms with Crippen molar-refractivity contribution in [2.24, 2.45) is 41.2 Å². The fraction of sp³-hybridized carbons (Fsp3) is 0.638. The molecule has 3 heterocycles. The number of hydrogen-bond donors (Lipinski definition) is 5. The summed E-state index contributed by atoms with van der Waals surface area (Å²) in [6, 6.07) is 4.71. The second kappa shape index (κ2) is 24.1. The molecule has 2 fully saturated rings. The van der Waals surface area contributed by atoms with Crippen LogP contribution in [-0.4, -0.2) is 122 Å². The van der Waals surface area contributed by atoms with E-state index in [2.05, 4.69) is 20.6 Å². The average Bonchev–Trinajstić information content (AvgIpc) is 4.06. The van der Waals surface area contributed by atoms with Crippen LogP contribution in [0.2, 0.25) is 0 Å². The number of aromatic amines is 1. The number of Topliss-reactive ketones (excluding diaryl/α,β-unsaturated/α-hetero) is 3. The highest BCUT2D eigenvalue weighted by atomic mass is 16.5. The van der Waals surface area contributed by atoms with Crippen molar-refractivity contribution in [3.63, 3.8) is 0 Å². The molecule has 17 nitrogen and oxygen atoms in total. The molecule has 0 radical (unpaired) electrons. The Bertz CT molecular complexity index is 1920. The monoisotopic (exact) mass is 892 g/mol. The number of ketones is 3. The SMILES string of the molecule is CC(C)[C@H](N)C(=O)N1CCC[C@H]1C(=O)N1CCC[C@H]1C(=O)C[C@H](C(=O)N[C@@H](COCc1ccccc1)C(=O)C[C@@H](Cc1cnc[nH]1)C(=O)N[C@@H](C)C(=O)C[C@H](C(=O)O)C(C)C)C(C)C. The van der Waals surface area contributed by atoms with Crippen molar-refractivity contribution in [1.29, 1.82) is 0 Å². The first-order valence-corrected chi connectivity index (χ1v) is 22.7. The van der Waals surface area contributed by atoms with Crippen molar-refractivity contribution in [3.8, 4) is 0 Å². The van der Waals surface area contributed by atoms with Gasteiger partial charge in [-0.2, -0.15) is 0 Å². The maximum atomic E-state index is 14.3. The number of hydrogen-bond acceptors (Lipinski definition) is 11. The topological polar surface area (TPSA) is 251 Å². The van der Waals surface area contributed by atoms with Crippen LogP contribution in [0.5, 0.6) is 0 Å². The third-order valence-corrected chi connectivity index (χ3v) is 12.6. The minimum Gasteiger partial charge on any atom is -0.481 e. The molecule has 2 saturated heterocycles. The van der Waals surface area contributed by atoms with E-state index in [0.29, 0.717) is 44.5 Å². The predicted molar refractivity (Wildman–Crippen MR) is 237 cm³/mol. The maximum Gasteiger partial charge on any atom is 0.307 e. The molecule has 0 bridgehead atoms. The van der Waals surface area contributed by atoms with Crippen LogP contribution in [0.4, 0.5) is 0 Å². The van der Waals surface area contributed by atoms with Gasteiger partial charge in [0.2, 0.25) is 23.6 Å². The number of amides is 4. The zero-order chi connectivity index (χ0) is 47.2. The number of likely N-dealkylation sites (tertiary alicyclic amines) is 2. The minimum atomic E-state index is -1.24. The number of aromatic nitrogens is 2. The first-order valence-electron chi connectivity index (χ1n) is 22.7. The molecular weight excluding hydrogens is 823 g/mol. The summed E-state index contributed by atoms with van der Waals surface area (Å²) >= 11 is 0. The van der Waals surface area contributed by atoms with E-state index in [1.807, 2.05) is 44.2 Å². The van der Waals surface area contributed by atoms with E-state index in [1.165, 1.54) is 19.4 Å². The standard InChI is InChI=1S/C47H69N7O10/c1-27(2)34(21-41(57)37-15-11-17-53(37)45(60)38-16-12-18-54(38)46(61)42(48)29(5)6)44(59)52-36(25-64-24-31-13-9-8-10-14-31)40(56)20-32(19-33-23-49-26-50-33)43(58)51-30(7)39(55)22-35(28(3)4)47(62)63/h8-10,13-14,23,26-30,32,34-38,42H,11-12,15-22,24-25,48H2,1-7H3,(H,49,50)(H,51,58)(H,52,59)(H,62,63)/t30-,32+,34-,35-,36-,37-,38-,42-/m0/s1. The summed E-state index contributed by atoms with van der Waals surface area (Å²) < 4.78 is 5.98. The molecule has 64 heavy (non-hydrogen) atoms. The number of ether oxygens (including phenoxy) is 1. The molecule has 17 heteroatoms. The van der Waals surface area contributed by atoms with Gasteiger partial charge in [-0.25, -0.2) is 4.98 Å². The predicted octanol–water partition coefficient (Wildman–Crippen LogP) is 3.25. The fourth-order valence-electron chi connectivity index (χ4n) is 8.39. The highest BCUT2D eigenvalue weighted by Crippen LogP contribution is 2.29. The number of carboxylic acid groups (broad SMARTS) is 1. The number of carboxylic acids is 1. The Morgan fingerprint density at radius 3 is 2.03 bits per heavy atom. The lowest BCUT2D eigenvalue weighted by Gasteiger charge is -2.33. The molecule has 2 aliphatic heterocycles. The lowest BCUT2D eigenvalue weighted by Crippen LogP contribution is -2.55. The number of imidazole rings is 1. The molecule has 2 aliphatic rings. The third-order valence-electron chi connectivity index (χ3n) is 12.6. The molecule has 1 aromatic heterocycles. The Balaban J connectivity index is 1.51. The number of nitrogens with one attached hydrogen (secondary N) is 3. The zero-order valence-electron chi connectivity index (χ0n) is 38.4. The highest BCUT2D eigenvalue weighted by molar-refractivity contribution is 5.98. The first kappa shape index (κ1) is 51.3.